The quantitative estimate of drug-likeness (QED) is 0.268. The molecule has 11 heteroatoms. The lowest BCUT2D eigenvalue weighted by atomic mass is 9.47. The molecule has 2 saturated heterocycles. The Bertz CT molecular complexity index is 1320. The Morgan fingerprint density at radius 1 is 0.881 bits per heavy atom. The van der Waals surface area contributed by atoms with Crippen LogP contribution in [-0.4, -0.2) is 78.1 Å². The van der Waals surface area contributed by atoms with Crippen LogP contribution in [0, 0.1) is 16.7 Å². The highest BCUT2D eigenvalue weighted by atomic mass is 32.2. The minimum absolute atomic E-state index is 0.0471. The third-order valence-electron chi connectivity index (χ3n) is 10.3. The number of esters is 4. The Morgan fingerprint density at radius 3 is 2.17 bits per heavy atom. The van der Waals surface area contributed by atoms with Gasteiger partial charge in [-0.1, -0.05) is 25.1 Å². The van der Waals surface area contributed by atoms with Gasteiger partial charge in [0.05, 0.1) is 38.1 Å². The predicted octanol–water partition coefficient (Wildman–Crippen LogP) is 4.33. The number of carbonyl (C=O) groups excluding carboxylic acids is 4. The molecule has 3 aliphatic heterocycles. The average Bonchev–Trinajstić information content (AvgIpc) is 3.47. The van der Waals surface area contributed by atoms with Crippen molar-refractivity contribution in [1.82, 2.24) is 0 Å². The van der Waals surface area contributed by atoms with Gasteiger partial charge < -0.3 is 23.7 Å². The zero-order valence-electron chi connectivity index (χ0n) is 24.3. The number of fused-ring (bicyclic) bond motifs is 1. The summed E-state index contributed by atoms with van der Waals surface area (Å²) < 4.78 is 28.8. The van der Waals surface area contributed by atoms with E-state index in [4.69, 9.17) is 23.7 Å². The number of hydrogen-bond acceptors (Lipinski definition) is 11. The monoisotopic (exact) mass is 616 g/mol. The summed E-state index contributed by atoms with van der Waals surface area (Å²) in [7, 11) is 3.82. The second kappa shape index (κ2) is 10.3. The maximum Gasteiger partial charge on any atom is 0.338 e. The van der Waals surface area contributed by atoms with E-state index in [1.165, 1.54) is 21.3 Å². The van der Waals surface area contributed by atoms with Crippen LogP contribution in [0.1, 0.15) is 55.8 Å². The van der Waals surface area contributed by atoms with Crippen molar-refractivity contribution < 1.29 is 42.9 Å². The number of benzene rings is 1. The highest BCUT2D eigenvalue weighted by molar-refractivity contribution is 8.18. The van der Waals surface area contributed by atoms with Gasteiger partial charge in [0.1, 0.15) is 9.68 Å². The first-order chi connectivity index (χ1) is 20.1. The molecule has 2 bridgehead atoms. The largest absolute Gasteiger partial charge is 0.468 e. The summed E-state index contributed by atoms with van der Waals surface area (Å²) in [5.41, 5.74) is -4.10. The van der Waals surface area contributed by atoms with E-state index >= 15 is 0 Å². The predicted molar refractivity (Wildman–Crippen MR) is 156 cm³/mol. The molecule has 0 N–H and O–H groups in total. The van der Waals surface area contributed by atoms with Gasteiger partial charge >= 0.3 is 23.9 Å². The number of rotatable bonds is 5. The fourth-order valence-electron chi connectivity index (χ4n) is 8.53. The molecule has 2 aliphatic carbocycles. The van der Waals surface area contributed by atoms with Gasteiger partial charge in [-0.05, 0) is 61.8 Å². The zero-order valence-corrected chi connectivity index (χ0v) is 25.9. The second-order valence-electron chi connectivity index (χ2n) is 12.1. The fraction of sp³-hybridized carbons (Fsp3) is 0.613. The van der Waals surface area contributed by atoms with Crippen LogP contribution in [0.25, 0.3) is 0 Å². The topological polar surface area (TPSA) is 114 Å². The lowest BCUT2D eigenvalue weighted by Gasteiger charge is -2.60. The Balaban J connectivity index is 1.54. The first-order valence-electron chi connectivity index (χ1n) is 14.3. The van der Waals surface area contributed by atoms with Crippen LogP contribution in [-0.2, 0) is 38.1 Å². The smallest absolute Gasteiger partial charge is 0.338 e. The lowest BCUT2D eigenvalue weighted by molar-refractivity contribution is -0.186. The third-order valence-corrected chi connectivity index (χ3v) is 13.8. The van der Waals surface area contributed by atoms with E-state index in [0.717, 1.165) is 24.3 Å². The zero-order chi connectivity index (χ0) is 30.0. The van der Waals surface area contributed by atoms with Gasteiger partial charge in [0, 0.05) is 17.8 Å². The SMILES string of the molecule is COC(=O)C1=C[C@]23CC(C(=O)OC)(C(=O)OC)CCC2[C@@]2(C)CCC4(SCCCS4)[C@@H](OC(=O)c4ccccc4)[C@]12O3. The van der Waals surface area contributed by atoms with Crippen molar-refractivity contribution in [2.75, 3.05) is 32.8 Å². The van der Waals surface area contributed by atoms with Gasteiger partial charge in [-0.15, -0.1) is 23.5 Å². The van der Waals surface area contributed by atoms with Crippen LogP contribution in [0.5, 0.6) is 0 Å². The molecule has 5 atom stereocenters. The Labute approximate surface area is 253 Å². The molecule has 0 aromatic heterocycles. The number of carbonyl (C=O) groups is 4. The van der Waals surface area contributed by atoms with Gasteiger partial charge in [-0.25, -0.2) is 9.59 Å². The Kier molecular flexibility index (Phi) is 7.25. The molecule has 2 saturated carbocycles. The first kappa shape index (κ1) is 29.6. The second-order valence-corrected chi connectivity index (χ2v) is 15.2. The molecular weight excluding hydrogens is 580 g/mol. The van der Waals surface area contributed by atoms with Gasteiger partial charge in [0.2, 0.25) is 0 Å². The minimum Gasteiger partial charge on any atom is -0.468 e. The molecule has 226 valence electrons. The molecule has 1 aromatic carbocycles. The van der Waals surface area contributed by atoms with Crippen molar-refractivity contribution in [2.24, 2.45) is 16.7 Å². The molecule has 6 rings (SSSR count). The molecule has 3 spiro atoms. The van der Waals surface area contributed by atoms with Crippen LogP contribution in [0.2, 0.25) is 0 Å². The van der Waals surface area contributed by atoms with E-state index in [1.54, 1.807) is 53.9 Å². The van der Waals surface area contributed by atoms with Crippen molar-refractivity contribution in [3.8, 4) is 0 Å². The van der Waals surface area contributed by atoms with Gasteiger partial charge in [0.15, 0.2) is 11.5 Å². The van der Waals surface area contributed by atoms with Gasteiger partial charge in [-0.2, -0.15) is 0 Å². The standard InChI is InChI=1S/C31H36O9S2/c1-27-13-14-30(41-15-8-16-42-30)24(39-22(32)19-9-6-5-7-10-19)31(27)20(23(33)36-2)17-29(40-31)18-28(25(34)37-3,26(35)38-4)12-11-21(27)29/h5-7,9-10,17,21,24H,8,11-16,18H2,1-4H3/t21?,24-,27-,29+,31-/m1/s1. The van der Waals surface area contributed by atoms with Crippen LogP contribution in [0.15, 0.2) is 42.0 Å². The minimum atomic E-state index is -1.60. The fourth-order valence-corrected chi connectivity index (χ4v) is 12.0. The van der Waals surface area contributed by atoms with E-state index in [-0.39, 0.29) is 24.3 Å². The van der Waals surface area contributed by atoms with Crippen LogP contribution in [0.3, 0.4) is 0 Å². The van der Waals surface area contributed by atoms with Crippen molar-refractivity contribution >= 4 is 47.4 Å². The van der Waals surface area contributed by atoms with E-state index < -0.39 is 56.1 Å². The van der Waals surface area contributed by atoms with Crippen molar-refractivity contribution in [3.05, 3.63) is 47.5 Å². The molecule has 0 radical (unpaired) electrons. The summed E-state index contributed by atoms with van der Waals surface area (Å²) in [5.74, 6) is -0.837. The number of ether oxygens (including phenoxy) is 5. The van der Waals surface area contributed by atoms with E-state index in [2.05, 4.69) is 6.92 Å². The molecule has 1 unspecified atom stereocenters. The molecule has 3 heterocycles. The van der Waals surface area contributed by atoms with Crippen molar-refractivity contribution in [1.29, 1.82) is 0 Å². The van der Waals surface area contributed by atoms with E-state index in [0.29, 0.717) is 18.4 Å². The summed E-state index contributed by atoms with van der Waals surface area (Å²) in [4.78, 5) is 54.0. The molecular formula is C31H36O9S2. The van der Waals surface area contributed by atoms with Crippen LogP contribution in [0.4, 0.5) is 0 Å². The Hall–Kier alpha value is -2.50. The maximum atomic E-state index is 13.8. The average molecular weight is 617 g/mol. The normalized spacial score (nSPS) is 35.3. The van der Waals surface area contributed by atoms with Crippen LogP contribution >= 0.6 is 23.5 Å². The third kappa shape index (κ3) is 3.81. The maximum absolute atomic E-state index is 13.8. The van der Waals surface area contributed by atoms with Crippen molar-refractivity contribution in [3.63, 3.8) is 0 Å². The number of methoxy groups -OCH3 is 3. The van der Waals surface area contributed by atoms with Gasteiger partial charge in [0.25, 0.3) is 0 Å². The summed E-state index contributed by atoms with van der Waals surface area (Å²) >= 11 is 3.52. The highest BCUT2D eigenvalue weighted by Gasteiger charge is 2.83. The molecule has 5 aliphatic rings. The van der Waals surface area contributed by atoms with Crippen molar-refractivity contribution in [2.45, 2.75) is 66.8 Å². The number of hydrogen-bond donors (Lipinski definition) is 0. The van der Waals surface area contributed by atoms with E-state index in [1.807, 2.05) is 6.07 Å². The number of thioether (sulfide) groups is 2. The summed E-state index contributed by atoms with van der Waals surface area (Å²) in [6.45, 7) is 2.10. The van der Waals surface area contributed by atoms with Gasteiger partial charge in [-0.3, -0.25) is 9.59 Å². The summed E-state index contributed by atoms with van der Waals surface area (Å²) in [5, 5.41) is 0. The lowest BCUT2D eigenvalue weighted by Crippen LogP contribution is -2.68. The molecule has 4 fully saturated rings. The molecule has 9 nitrogen and oxygen atoms in total. The summed E-state index contributed by atoms with van der Waals surface area (Å²) in [6, 6.07) is 8.81. The summed E-state index contributed by atoms with van der Waals surface area (Å²) in [6.07, 6.45) is 4.02. The molecule has 1 aromatic rings. The van der Waals surface area contributed by atoms with Crippen LogP contribution < -0.4 is 0 Å². The molecule has 0 amide bonds. The molecule has 42 heavy (non-hydrogen) atoms. The first-order valence-corrected chi connectivity index (χ1v) is 16.3. The Morgan fingerprint density at radius 2 is 1.55 bits per heavy atom. The highest BCUT2D eigenvalue weighted by Crippen LogP contribution is 2.76. The van der Waals surface area contributed by atoms with E-state index in [9.17, 15) is 19.2 Å².